The van der Waals surface area contributed by atoms with E-state index in [2.05, 4.69) is 5.32 Å². The van der Waals surface area contributed by atoms with Gasteiger partial charge in [-0.25, -0.2) is 17.2 Å². The number of halogens is 2. The molecule has 0 aromatic heterocycles. The molecule has 0 bridgehead atoms. The van der Waals surface area contributed by atoms with Crippen molar-refractivity contribution in [3.8, 4) is 5.75 Å². The van der Waals surface area contributed by atoms with E-state index in [4.69, 9.17) is 4.74 Å². The van der Waals surface area contributed by atoms with Crippen LogP contribution >= 0.6 is 0 Å². The quantitative estimate of drug-likeness (QED) is 0.611. The highest BCUT2D eigenvalue weighted by Gasteiger charge is 2.28. The SMILES string of the molecule is O=C(COc1ccccc1F)Nc1ccc2c(c1)CN(S(=O)(=O)c1ccc(F)cc1)CC2. The third kappa shape index (κ3) is 4.79. The number of rotatable bonds is 6. The number of hydrogen-bond donors (Lipinski definition) is 1. The van der Waals surface area contributed by atoms with Crippen molar-refractivity contribution in [1.82, 2.24) is 4.31 Å². The van der Waals surface area contributed by atoms with Crippen molar-refractivity contribution in [2.24, 2.45) is 0 Å². The maximum Gasteiger partial charge on any atom is 0.262 e. The smallest absolute Gasteiger partial charge is 0.262 e. The molecule has 0 unspecified atom stereocenters. The Kier molecular flexibility index (Phi) is 6.20. The summed E-state index contributed by atoms with van der Waals surface area (Å²) in [5.41, 5.74) is 2.22. The maximum atomic E-state index is 13.6. The van der Waals surface area contributed by atoms with Crippen LogP contribution in [0.2, 0.25) is 0 Å². The molecule has 32 heavy (non-hydrogen) atoms. The minimum Gasteiger partial charge on any atom is -0.481 e. The summed E-state index contributed by atoms with van der Waals surface area (Å²) in [6.07, 6.45) is 0.514. The van der Waals surface area contributed by atoms with Crippen LogP contribution in [0.25, 0.3) is 0 Å². The Hall–Kier alpha value is -3.30. The molecular formula is C23H20F2N2O4S. The van der Waals surface area contributed by atoms with Gasteiger partial charge in [0.25, 0.3) is 5.91 Å². The van der Waals surface area contributed by atoms with E-state index < -0.39 is 27.6 Å². The van der Waals surface area contributed by atoms with Gasteiger partial charge in [0.15, 0.2) is 18.2 Å². The molecule has 0 spiro atoms. The summed E-state index contributed by atoms with van der Waals surface area (Å²) in [4.78, 5) is 12.2. The van der Waals surface area contributed by atoms with Crippen molar-refractivity contribution < 1.29 is 26.7 Å². The van der Waals surface area contributed by atoms with E-state index in [1.54, 1.807) is 18.2 Å². The molecule has 0 atom stereocenters. The molecule has 1 heterocycles. The molecular weight excluding hydrogens is 438 g/mol. The molecule has 0 saturated carbocycles. The number of sulfonamides is 1. The van der Waals surface area contributed by atoms with E-state index >= 15 is 0 Å². The van der Waals surface area contributed by atoms with E-state index in [9.17, 15) is 22.0 Å². The second-order valence-electron chi connectivity index (χ2n) is 7.29. The number of anilines is 1. The number of benzene rings is 3. The second-order valence-corrected chi connectivity index (χ2v) is 9.23. The zero-order chi connectivity index (χ0) is 22.7. The Balaban J connectivity index is 1.44. The van der Waals surface area contributed by atoms with Crippen molar-refractivity contribution >= 4 is 21.6 Å². The standard InChI is InChI=1S/C23H20F2N2O4S/c24-18-6-9-20(10-7-18)32(29,30)27-12-11-16-5-8-19(13-17(16)14-27)26-23(28)15-31-22-4-2-1-3-21(22)25/h1-10,13H,11-12,14-15H2,(H,26,28). The van der Waals surface area contributed by atoms with Gasteiger partial charge in [0.2, 0.25) is 10.0 Å². The van der Waals surface area contributed by atoms with E-state index in [0.717, 1.165) is 23.3 Å². The maximum absolute atomic E-state index is 13.6. The average Bonchev–Trinajstić information content (AvgIpc) is 2.78. The number of carbonyl (C=O) groups is 1. The van der Waals surface area contributed by atoms with Crippen LogP contribution in [0.15, 0.2) is 71.6 Å². The first-order valence-corrected chi connectivity index (χ1v) is 11.3. The Bertz CT molecular complexity index is 1250. The van der Waals surface area contributed by atoms with Crippen molar-refractivity contribution in [2.75, 3.05) is 18.5 Å². The fourth-order valence-corrected chi connectivity index (χ4v) is 4.89. The number of para-hydroxylation sites is 1. The predicted octanol–water partition coefficient (Wildman–Crippen LogP) is 3.73. The second kappa shape index (κ2) is 9.05. The molecule has 0 radical (unpaired) electrons. The lowest BCUT2D eigenvalue weighted by Gasteiger charge is -2.28. The van der Waals surface area contributed by atoms with E-state index in [0.29, 0.717) is 18.7 Å². The van der Waals surface area contributed by atoms with Crippen LogP contribution in [-0.4, -0.2) is 31.8 Å². The number of hydrogen-bond acceptors (Lipinski definition) is 4. The van der Waals surface area contributed by atoms with E-state index in [1.807, 2.05) is 6.07 Å². The summed E-state index contributed by atoms with van der Waals surface area (Å²) in [6, 6.07) is 15.8. The lowest BCUT2D eigenvalue weighted by Crippen LogP contribution is -2.36. The molecule has 1 N–H and O–H groups in total. The number of nitrogens with zero attached hydrogens (tertiary/aromatic N) is 1. The molecule has 1 aliphatic heterocycles. The molecule has 0 saturated heterocycles. The van der Waals surface area contributed by atoms with Gasteiger partial charge in [-0.1, -0.05) is 18.2 Å². The predicted molar refractivity (Wildman–Crippen MR) is 115 cm³/mol. The van der Waals surface area contributed by atoms with Crippen LogP contribution in [-0.2, 0) is 27.8 Å². The normalized spacial score (nSPS) is 13.9. The topological polar surface area (TPSA) is 75.7 Å². The highest BCUT2D eigenvalue weighted by Crippen LogP contribution is 2.27. The van der Waals surface area contributed by atoms with Gasteiger partial charge in [0.05, 0.1) is 4.90 Å². The third-order valence-corrected chi connectivity index (χ3v) is 6.97. The van der Waals surface area contributed by atoms with Crippen LogP contribution in [0.3, 0.4) is 0 Å². The van der Waals surface area contributed by atoms with Gasteiger partial charge in [-0.15, -0.1) is 0 Å². The minimum atomic E-state index is -3.78. The van der Waals surface area contributed by atoms with Crippen molar-refractivity contribution in [1.29, 1.82) is 0 Å². The lowest BCUT2D eigenvalue weighted by molar-refractivity contribution is -0.118. The Morgan fingerprint density at radius 1 is 1.00 bits per heavy atom. The summed E-state index contributed by atoms with van der Waals surface area (Å²) in [5.74, 6) is -1.56. The first-order valence-electron chi connectivity index (χ1n) is 9.87. The monoisotopic (exact) mass is 458 g/mol. The Morgan fingerprint density at radius 2 is 1.75 bits per heavy atom. The number of nitrogens with one attached hydrogen (secondary N) is 1. The highest BCUT2D eigenvalue weighted by molar-refractivity contribution is 7.89. The molecule has 9 heteroatoms. The zero-order valence-electron chi connectivity index (χ0n) is 16.9. The Labute approximate surface area is 184 Å². The van der Waals surface area contributed by atoms with Crippen LogP contribution in [0.1, 0.15) is 11.1 Å². The van der Waals surface area contributed by atoms with Crippen molar-refractivity contribution in [2.45, 2.75) is 17.9 Å². The largest absolute Gasteiger partial charge is 0.481 e. The first-order chi connectivity index (χ1) is 15.3. The van der Waals surface area contributed by atoms with Gasteiger partial charge in [-0.2, -0.15) is 4.31 Å². The van der Waals surface area contributed by atoms with Crippen molar-refractivity contribution in [3.63, 3.8) is 0 Å². The van der Waals surface area contributed by atoms with E-state index in [-0.39, 0.29) is 23.8 Å². The van der Waals surface area contributed by atoms with Gasteiger partial charge in [-0.3, -0.25) is 4.79 Å². The number of carbonyl (C=O) groups excluding carboxylic acids is 1. The number of fused-ring (bicyclic) bond motifs is 1. The summed E-state index contributed by atoms with van der Waals surface area (Å²) >= 11 is 0. The molecule has 4 rings (SSSR count). The molecule has 0 fully saturated rings. The summed E-state index contributed by atoms with van der Waals surface area (Å²) in [5, 5.41) is 2.68. The summed E-state index contributed by atoms with van der Waals surface area (Å²) < 4.78 is 59.1. The molecule has 166 valence electrons. The summed E-state index contributed by atoms with van der Waals surface area (Å²) in [6.45, 7) is 0.0580. The van der Waals surface area contributed by atoms with Gasteiger partial charge >= 0.3 is 0 Å². The fraction of sp³-hybridized carbons (Fsp3) is 0.174. The number of ether oxygens (including phenoxy) is 1. The van der Waals surface area contributed by atoms with Gasteiger partial charge in [0, 0.05) is 18.8 Å². The lowest BCUT2D eigenvalue weighted by atomic mass is 10.0. The van der Waals surface area contributed by atoms with Gasteiger partial charge in [-0.05, 0) is 66.1 Å². The molecule has 3 aromatic carbocycles. The third-order valence-electron chi connectivity index (χ3n) is 5.11. The van der Waals surface area contributed by atoms with Crippen LogP contribution in [0, 0.1) is 11.6 Å². The Morgan fingerprint density at radius 3 is 2.50 bits per heavy atom. The highest BCUT2D eigenvalue weighted by atomic mass is 32.2. The minimum absolute atomic E-state index is 0.0188. The first kappa shape index (κ1) is 21.9. The van der Waals surface area contributed by atoms with Crippen LogP contribution in [0.4, 0.5) is 14.5 Å². The van der Waals surface area contributed by atoms with Gasteiger partial charge in [0.1, 0.15) is 5.82 Å². The fourth-order valence-electron chi connectivity index (χ4n) is 3.47. The molecule has 6 nitrogen and oxygen atoms in total. The summed E-state index contributed by atoms with van der Waals surface area (Å²) in [7, 11) is -3.78. The molecule has 0 aliphatic carbocycles. The van der Waals surface area contributed by atoms with Crippen molar-refractivity contribution in [3.05, 3.63) is 89.5 Å². The van der Waals surface area contributed by atoms with E-state index in [1.165, 1.54) is 34.6 Å². The van der Waals surface area contributed by atoms with Gasteiger partial charge < -0.3 is 10.1 Å². The average molecular weight is 458 g/mol. The molecule has 3 aromatic rings. The van der Waals surface area contributed by atoms with Crippen LogP contribution in [0.5, 0.6) is 5.75 Å². The zero-order valence-corrected chi connectivity index (χ0v) is 17.7. The molecule has 1 amide bonds. The van der Waals surface area contributed by atoms with Crippen LogP contribution < -0.4 is 10.1 Å². The molecule has 1 aliphatic rings. The number of amides is 1.